The molecule has 0 radical (unpaired) electrons. The maximum absolute atomic E-state index is 13.0. The number of pyridine rings is 1. The van der Waals surface area contributed by atoms with Gasteiger partial charge in [0.15, 0.2) is 6.10 Å². The van der Waals surface area contributed by atoms with Gasteiger partial charge in [0.2, 0.25) is 0 Å². The quantitative estimate of drug-likeness (QED) is 0.611. The summed E-state index contributed by atoms with van der Waals surface area (Å²) >= 11 is 12.6. The first kappa shape index (κ1) is 18.1. The SMILES string of the molecule is C[C@H](OC(=O)C12C[C@@H]3C[C@@H](CC(Cl)(C3)C1)C2)C(=O)Nc1ccc(Cl)cn1. The van der Waals surface area contributed by atoms with Crippen molar-refractivity contribution in [1.29, 1.82) is 0 Å². The summed E-state index contributed by atoms with van der Waals surface area (Å²) in [5.41, 5.74) is -0.515. The number of nitrogens with zero attached hydrogens (tertiary/aromatic N) is 1. The van der Waals surface area contributed by atoms with Gasteiger partial charge in [0, 0.05) is 11.1 Å². The van der Waals surface area contributed by atoms with Crippen LogP contribution in [0.1, 0.15) is 45.4 Å². The van der Waals surface area contributed by atoms with E-state index >= 15 is 0 Å². The number of hydrogen-bond acceptors (Lipinski definition) is 4. The number of carbonyl (C=O) groups excluding carboxylic acids is 2. The molecule has 4 bridgehead atoms. The van der Waals surface area contributed by atoms with Crippen molar-refractivity contribution in [1.82, 2.24) is 4.98 Å². The van der Waals surface area contributed by atoms with Crippen LogP contribution in [0.5, 0.6) is 0 Å². The van der Waals surface area contributed by atoms with Gasteiger partial charge in [-0.05, 0) is 69.4 Å². The van der Waals surface area contributed by atoms with Gasteiger partial charge in [-0.25, -0.2) is 4.98 Å². The number of rotatable bonds is 4. The molecule has 5 nitrogen and oxygen atoms in total. The molecule has 1 aromatic rings. The highest BCUT2D eigenvalue weighted by atomic mass is 35.5. The molecule has 0 spiro atoms. The first-order valence-electron chi connectivity index (χ1n) is 9.09. The summed E-state index contributed by atoms with van der Waals surface area (Å²) in [5.74, 6) is 0.700. The zero-order valence-electron chi connectivity index (χ0n) is 14.6. The molecule has 1 amide bonds. The number of ether oxygens (including phenoxy) is 1. The number of halogens is 2. The van der Waals surface area contributed by atoms with E-state index in [1.165, 1.54) is 12.6 Å². The summed E-state index contributed by atoms with van der Waals surface area (Å²) < 4.78 is 5.57. The van der Waals surface area contributed by atoms with Crippen LogP contribution in [0.2, 0.25) is 5.02 Å². The van der Waals surface area contributed by atoms with Crippen LogP contribution in [0.3, 0.4) is 0 Å². The zero-order valence-corrected chi connectivity index (χ0v) is 16.1. The van der Waals surface area contributed by atoms with Gasteiger partial charge >= 0.3 is 5.97 Å². The molecule has 4 saturated carbocycles. The van der Waals surface area contributed by atoms with E-state index in [0.717, 1.165) is 25.7 Å². The fourth-order valence-corrected chi connectivity index (χ4v) is 6.21. The molecule has 1 heterocycles. The maximum atomic E-state index is 13.0. The summed E-state index contributed by atoms with van der Waals surface area (Å²) in [6.07, 6.45) is 6.06. The summed E-state index contributed by atoms with van der Waals surface area (Å²) in [7, 11) is 0. The Morgan fingerprint density at radius 1 is 1.27 bits per heavy atom. The van der Waals surface area contributed by atoms with Gasteiger partial charge in [0.05, 0.1) is 10.4 Å². The molecule has 140 valence electrons. The van der Waals surface area contributed by atoms with E-state index in [2.05, 4.69) is 10.3 Å². The van der Waals surface area contributed by atoms with Crippen LogP contribution < -0.4 is 5.32 Å². The summed E-state index contributed by atoms with van der Waals surface area (Å²) in [6, 6.07) is 3.24. The Labute approximate surface area is 162 Å². The number of aromatic nitrogens is 1. The summed E-state index contributed by atoms with van der Waals surface area (Å²) in [5, 5.41) is 3.13. The average Bonchev–Trinajstić information content (AvgIpc) is 2.54. The second-order valence-corrected chi connectivity index (χ2v) is 9.53. The van der Waals surface area contributed by atoms with E-state index in [1.54, 1.807) is 19.1 Å². The smallest absolute Gasteiger partial charge is 0.312 e. The molecule has 0 saturated heterocycles. The molecular weight excluding hydrogens is 375 g/mol. The molecule has 26 heavy (non-hydrogen) atoms. The van der Waals surface area contributed by atoms with Crippen LogP contribution in [0.25, 0.3) is 0 Å². The zero-order chi connectivity index (χ0) is 18.5. The van der Waals surface area contributed by atoms with Crippen molar-refractivity contribution in [2.45, 2.75) is 56.4 Å². The van der Waals surface area contributed by atoms with Crippen LogP contribution in [-0.2, 0) is 14.3 Å². The van der Waals surface area contributed by atoms with Crippen molar-refractivity contribution in [3.63, 3.8) is 0 Å². The largest absolute Gasteiger partial charge is 0.452 e. The molecule has 5 atom stereocenters. The minimum absolute atomic E-state index is 0.262. The standard InChI is InChI=1S/C19H22Cl2N2O3/c1-11(16(24)23-15-3-2-14(20)9-22-15)26-17(25)18-5-12-4-13(6-18)8-19(21,7-12)10-18/h2-3,9,11-13H,4-8,10H2,1H3,(H,22,23,24)/t11-,12-,13+,18?,19?/m0/s1. The normalized spacial score (nSPS) is 35.8. The maximum Gasteiger partial charge on any atom is 0.312 e. The van der Waals surface area contributed by atoms with Crippen LogP contribution in [0.15, 0.2) is 18.3 Å². The third-order valence-corrected chi connectivity index (χ3v) is 6.72. The second-order valence-electron chi connectivity index (χ2n) is 8.29. The molecule has 0 aromatic carbocycles. The molecule has 0 aliphatic heterocycles. The van der Waals surface area contributed by atoms with E-state index in [0.29, 0.717) is 29.1 Å². The van der Waals surface area contributed by atoms with Gasteiger partial charge in [-0.2, -0.15) is 0 Å². The van der Waals surface area contributed by atoms with E-state index in [9.17, 15) is 9.59 Å². The summed E-state index contributed by atoms with van der Waals surface area (Å²) in [4.78, 5) is 29.1. The van der Waals surface area contributed by atoms with Gasteiger partial charge < -0.3 is 10.1 Å². The van der Waals surface area contributed by atoms with E-state index in [4.69, 9.17) is 27.9 Å². The number of alkyl halides is 1. The number of anilines is 1. The monoisotopic (exact) mass is 396 g/mol. The minimum atomic E-state index is -0.890. The molecule has 7 heteroatoms. The Hall–Kier alpha value is -1.33. The average molecular weight is 397 g/mol. The van der Waals surface area contributed by atoms with Crippen LogP contribution >= 0.6 is 23.2 Å². The first-order valence-corrected chi connectivity index (χ1v) is 9.85. The number of carbonyl (C=O) groups is 2. The van der Waals surface area contributed by atoms with Gasteiger partial charge in [-0.1, -0.05) is 11.6 Å². The lowest BCUT2D eigenvalue weighted by molar-refractivity contribution is -0.176. The fraction of sp³-hybridized carbons (Fsp3) is 0.632. The van der Waals surface area contributed by atoms with Crippen molar-refractivity contribution in [2.75, 3.05) is 5.32 Å². The van der Waals surface area contributed by atoms with Crippen molar-refractivity contribution < 1.29 is 14.3 Å². The molecule has 1 N–H and O–H groups in total. The minimum Gasteiger partial charge on any atom is -0.452 e. The molecular formula is C19H22Cl2N2O3. The summed E-state index contributed by atoms with van der Waals surface area (Å²) in [6.45, 7) is 1.58. The highest BCUT2D eigenvalue weighted by Gasteiger charge is 2.61. The Morgan fingerprint density at radius 3 is 2.54 bits per heavy atom. The van der Waals surface area contributed by atoms with Gasteiger partial charge in [0.1, 0.15) is 5.82 Å². The van der Waals surface area contributed by atoms with Crippen LogP contribution in [0.4, 0.5) is 5.82 Å². The Bertz CT molecular complexity index is 723. The predicted octanol–water partition coefficient (Wildman–Crippen LogP) is 4.18. The van der Waals surface area contributed by atoms with Crippen LogP contribution in [0, 0.1) is 17.3 Å². The molecule has 4 aliphatic carbocycles. The number of hydrogen-bond donors (Lipinski definition) is 1. The van der Waals surface area contributed by atoms with E-state index in [1.807, 2.05) is 0 Å². The number of amides is 1. The Morgan fingerprint density at radius 2 is 1.96 bits per heavy atom. The Balaban J connectivity index is 1.41. The number of esters is 1. The van der Waals surface area contributed by atoms with Gasteiger partial charge in [0.25, 0.3) is 5.91 Å². The lowest BCUT2D eigenvalue weighted by atomic mass is 9.49. The molecule has 2 unspecified atom stereocenters. The highest BCUT2D eigenvalue weighted by molar-refractivity contribution is 6.30. The predicted molar refractivity (Wildman–Crippen MR) is 99.1 cm³/mol. The Kier molecular flexibility index (Phi) is 4.43. The highest BCUT2D eigenvalue weighted by Crippen LogP contribution is 2.64. The first-order chi connectivity index (χ1) is 12.3. The van der Waals surface area contributed by atoms with E-state index in [-0.39, 0.29) is 10.8 Å². The third kappa shape index (κ3) is 3.31. The van der Waals surface area contributed by atoms with Crippen LogP contribution in [-0.4, -0.2) is 27.8 Å². The molecule has 4 fully saturated rings. The van der Waals surface area contributed by atoms with Gasteiger partial charge in [-0.15, -0.1) is 11.6 Å². The second kappa shape index (κ2) is 6.38. The lowest BCUT2D eigenvalue weighted by Gasteiger charge is -2.58. The topological polar surface area (TPSA) is 68.3 Å². The van der Waals surface area contributed by atoms with Crippen molar-refractivity contribution >= 4 is 40.9 Å². The fourth-order valence-electron chi connectivity index (χ4n) is 5.41. The molecule has 1 aromatic heterocycles. The van der Waals surface area contributed by atoms with Crippen molar-refractivity contribution in [3.05, 3.63) is 23.4 Å². The number of nitrogens with one attached hydrogen (secondary N) is 1. The van der Waals surface area contributed by atoms with Crippen molar-refractivity contribution in [2.24, 2.45) is 17.3 Å². The molecule has 4 aliphatic rings. The third-order valence-electron chi connectivity index (χ3n) is 6.05. The van der Waals surface area contributed by atoms with Gasteiger partial charge in [-0.3, -0.25) is 9.59 Å². The molecule has 5 rings (SSSR count). The van der Waals surface area contributed by atoms with Crippen molar-refractivity contribution in [3.8, 4) is 0 Å². The van der Waals surface area contributed by atoms with E-state index < -0.39 is 17.4 Å². The lowest BCUT2D eigenvalue weighted by Crippen LogP contribution is -2.57.